The highest BCUT2D eigenvalue weighted by Crippen LogP contribution is 2.36. The van der Waals surface area contributed by atoms with Crippen molar-refractivity contribution in [3.05, 3.63) is 46.9 Å². The maximum atomic E-state index is 5.92. The molecule has 1 aliphatic heterocycles. The fraction of sp³-hybridized carbons (Fsp3) is 0.231. The Morgan fingerprint density at radius 3 is 2.94 bits per heavy atom. The van der Waals surface area contributed by atoms with Crippen LogP contribution in [0.2, 0.25) is 5.02 Å². The van der Waals surface area contributed by atoms with Crippen molar-refractivity contribution in [2.24, 2.45) is 0 Å². The average molecular weight is 250 g/mol. The Labute approximate surface area is 104 Å². The van der Waals surface area contributed by atoms with E-state index in [2.05, 4.69) is 5.32 Å². The Bertz CT molecular complexity index is 550. The minimum Gasteiger partial charge on any atom is -0.478 e. The van der Waals surface area contributed by atoms with Crippen LogP contribution < -0.4 is 10.1 Å². The molecule has 1 aromatic carbocycles. The van der Waals surface area contributed by atoms with E-state index in [1.54, 1.807) is 0 Å². The highest BCUT2D eigenvalue weighted by Gasteiger charge is 2.23. The first kappa shape index (κ1) is 10.5. The van der Waals surface area contributed by atoms with Crippen LogP contribution in [0.15, 0.2) is 34.7 Å². The zero-order valence-corrected chi connectivity index (χ0v) is 10.1. The molecule has 0 fully saturated rings. The Morgan fingerprint density at radius 1 is 1.29 bits per heavy atom. The van der Waals surface area contributed by atoms with Crippen LogP contribution in [0.1, 0.15) is 17.6 Å². The second-order valence-corrected chi connectivity index (χ2v) is 4.51. The summed E-state index contributed by atoms with van der Waals surface area (Å²) in [7, 11) is 0. The standard InChI is InChI=1S/C13H12ClNO2/c1-8-2-4-12(16-8)13-7-15-10-6-9(14)3-5-11(10)17-13/h2-6,13,15H,7H2,1H3. The maximum Gasteiger partial charge on any atom is 0.173 e. The van der Waals surface area contributed by atoms with Gasteiger partial charge in [0.15, 0.2) is 6.10 Å². The molecule has 0 saturated carbocycles. The van der Waals surface area contributed by atoms with Gasteiger partial charge in [0.1, 0.15) is 17.3 Å². The fourth-order valence-corrected chi connectivity index (χ4v) is 2.10. The number of hydrogen-bond acceptors (Lipinski definition) is 3. The number of halogens is 1. The first-order valence-electron chi connectivity index (χ1n) is 5.49. The number of hydrogen-bond donors (Lipinski definition) is 1. The largest absolute Gasteiger partial charge is 0.478 e. The summed E-state index contributed by atoms with van der Waals surface area (Å²) in [4.78, 5) is 0. The van der Waals surface area contributed by atoms with Gasteiger partial charge in [-0.1, -0.05) is 11.6 Å². The lowest BCUT2D eigenvalue weighted by Crippen LogP contribution is -2.23. The van der Waals surface area contributed by atoms with Gasteiger partial charge in [-0.15, -0.1) is 0 Å². The molecule has 1 N–H and O–H groups in total. The average Bonchev–Trinajstić information content (AvgIpc) is 2.75. The van der Waals surface area contributed by atoms with Crippen LogP contribution in [0.5, 0.6) is 5.75 Å². The second kappa shape index (κ2) is 4.00. The van der Waals surface area contributed by atoms with Crippen molar-refractivity contribution >= 4 is 17.3 Å². The van der Waals surface area contributed by atoms with Crippen LogP contribution in [0.3, 0.4) is 0 Å². The third-order valence-corrected chi connectivity index (χ3v) is 3.00. The predicted octanol–water partition coefficient (Wildman–Crippen LogP) is 3.79. The Morgan fingerprint density at radius 2 is 2.18 bits per heavy atom. The minimum absolute atomic E-state index is 0.0858. The molecule has 3 rings (SSSR count). The molecule has 0 aliphatic carbocycles. The van der Waals surface area contributed by atoms with E-state index in [-0.39, 0.29) is 6.10 Å². The zero-order chi connectivity index (χ0) is 11.8. The van der Waals surface area contributed by atoms with E-state index in [1.807, 2.05) is 37.3 Å². The van der Waals surface area contributed by atoms with Gasteiger partial charge >= 0.3 is 0 Å². The summed E-state index contributed by atoms with van der Waals surface area (Å²) in [6.07, 6.45) is -0.0858. The molecular formula is C13H12ClNO2. The molecular weight excluding hydrogens is 238 g/mol. The minimum atomic E-state index is -0.0858. The van der Waals surface area contributed by atoms with Gasteiger partial charge in [0.05, 0.1) is 12.2 Å². The second-order valence-electron chi connectivity index (χ2n) is 4.08. The summed E-state index contributed by atoms with van der Waals surface area (Å²) >= 11 is 5.92. The van der Waals surface area contributed by atoms with Crippen LogP contribution in [0.4, 0.5) is 5.69 Å². The van der Waals surface area contributed by atoms with E-state index in [4.69, 9.17) is 20.8 Å². The molecule has 2 aromatic rings. The Balaban J connectivity index is 1.88. The van der Waals surface area contributed by atoms with Gasteiger partial charge in [0.25, 0.3) is 0 Å². The van der Waals surface area contributed by atoms with E-state index < -0.39 is 0 Å². The molecule has 2 heterocycles. The lowest BCUT2D eigenvalue weighted by Gasteiger charge is -2.26. The van der Waals surface area contributed by atoms with Gasteiger partial charge in [-0.2, -0.15) is 0 Å². The number of furan rings is 1. The monoisotopic (exact) mass is 249 g/mol. The van der Waals surface area contributed by atoms with Crippen molar-refractivity contribution in [2.45, 2.75) is 13.0 Å². The molecule has 1 aliphatic rings. The smallest absolute Gasteiger partial charge is 0.173 e. The number of nitrogens with one attached hydrogen (secondary N) is 1. The molecule has 17 heavy (non-hydrogen) atoms. The van der Waals surface area contributed by atoms with Crippen LogP contribution in [-0.4, -0.2) is 6.54 Å². The first-order chi connectivity index (χ1) is 8.22. The molecule has 1 aromatic heterocycles. The lowest BCUT2D eigenvalue weighted by molar-refractivity contribution is 0.179. The third kappa shape index (κ3) is 1.98. The van der Waals surface area contributed by atoms with Gasteiger partial charge in [-0.25, -0.2) is 0 Å². The topological polar surface area (TPSA) is 34.4 Å². The summed E-state index contributed by atoms with van der Waals surface area (Å²) in [6.45, 7) is 2.60. The number of aryl methyl sites for hydroxylation is 1. The van der Waals surface area contributed by atoms with Crippen molar-refractivity contribution in [3.63, 3.8) is 0 Å². The highest BCUT2D eigenvalue weighted by molar-refractivity contribution is 6.30. The van der Waals surface area contributed by atoms with Gasteiger partial charge < -0.3 is 14.5 Å². The molecule has 4 heteroatoms. The summed E-state index contributed by atoms with van der Waals surface area (Å²) in [5.74, 6) is 2.54. The maximum absolute atomic E-state index is 5.92. The first-order valence-corrected chi connectivity index (χ1v) is 5.86. The summed E-state index contributed by atoms with van der Waals surface area (Å²) in [5.41, 5.74) is 0.928. The Kier molecular flexibility index (Phi) is 2.48. The number of ether oxygens (including phenoxy) is 1. The molecule has 0 bridgehead atoms. The van der Waals surface area contributed by atoms with Gasteiger partial charge in [0, 0.05) is 5.02 Å². The molecule has 1 unspecified atom stereocenters. The van der Waals surface area contributed by atoms with Gasteiger partial charge in [-0.3, -0.25) is 0 Å². The molecule has 0 saturated heterocycles. The zero-order valence-electron chi connectivity index (χ0n) is 9.37. The highest BCUT2D eigenvalue weighted by atomic mass is 35.5. The van der Waals surface area contributed by atoms with E-state index in [0.29, 0.717) is 11.6 Å². The SMILES string of the molecule is Cc1ccc(C2CNc3cc(Cl)ccc3O2)o1. The molecule has 1 atom stereocenters. The van der Waals surface area contributed by atoms with Crippen LogP contribution in [-0.2, 0) is 0 Å². The molecule has 88 valence electrons. The fourth-order valence-electron chi connectivity index (χ4n) is 1.93. The summed E-state index contributed by atoms with van der Waals surface area (Å²) in [6, 6.07) is 9.43. The summed E-state index contributed by atoms with van der Waals surface area (Å²) in [5, 5.41) is 3.99. The van der Waals surface area contributed by atoms with Crippen molar-refractivity contribution < 1.29 is 9.15 Å². The molecule has 0 amide bonds. The van der Waals surface area contributed by atoms with Crippen molar-refractivity contribution in [2.75, 3.05) is 11.9 Å². The van der Waals surface area contributed by atoms with Gasteiger partial charge in [0.2, 0.25) is 0 Å². The Hall–Kier alpha value is -1.61. The van der Waals surface area contributed by atoms with E-state index in [1.165, 1.54) is 0 Å². The molecule has 0 radical (unpaired) electrons. The molecule has 0 spiro atoms. The van der Waals surface area contributed by atoms with E-state index in [9.17, 15) is 0 Å². The van der Waals surface area contributed by atoms with Crippen LogP contribution in [0, 0.1) is 6.92 Å². The van der Waals surface area contributed by atoms with Crippen molar-refractivity contribution in [1.82, 2.24) is 0 Å². The van der Waals surface area contributed by atoms with E-state index in [0.717, 1.165) is 23.0 Å². The quantitative estimate of drug-likeness (QED) is 0.835. The number of anilines is 1. The number of fused-ring (bicyclic) bond motifs is 1. The van der Waals surface area contributed by atoms with Crippen molar-refractivity contribution in [1.29, 1.82) is 0 Å². The predicted molar refractivity (Wildman–Crippen MR) is 66.8 cm³/mol. The van der Waals surface area contributed by atoms with Crippen LogP contribution >= 0.6 is 11.6 Å². The molecule has 3 nitrogen and oxygen atoms in total. The number of benzene rings is 1. The van der Waals surface area contributed by atoms with Crippen molar-refractivity contribution in [3.8, 4) is 5.75 Å². The lowest BCUT2D eigenvalue weighted by atomic mass is 10.2. The normalized spacial score (nSPS) is 18.1. The van der Waals surface area contributed by atoms with Gasteiger partial charge in [-0.05, 0) is 37.3 Å². The van der Waals surface area contributed by atoms with E-state index >= 15 is 0 Å². The van der Waals surface area contributed by atoms with Crippen LogP contribution in [0.25, 0.3) is 0 Å². The number of rotatable bonds is 1. The third-order valence-electron chi connectivity index (χ3n) is 2.77. The summed E-state index contributed by atoms with van der Waals surface area (Å²) < 4.78 is 11.4.